The van der Waals surface area contributed by atoms with E-state index in [1.54, 1.807) is 0 Å². The molecule has 1 atom stereocenters. The van der Waals surface area contributed by atoms with Gasteiger partial charge in [-0.15, -0.1) is 0 Å². The van der Waals surface area contributed by atoms with Crippen molar-refractivity contribution in [3.63, 3.8) is 0 Å². The molecule has 2 rings (SSSR count). The van der Waals surface area contributed by atoms with Crippen LogP contribution in [0.15, 0.2) is 0 Å². The van der Waals surface area contributed by atoms with Crippen LogP contribution in [0.1, 0.15) is 131 Å². The summed E-state index contributed by atoms with van der Waals surface area (Å²) < 4.78 is 19.2. The van der Waals surface area contributed by atoms with Crippen LogP contribution in [-0.2, 0) is 18.1 Å². The average Bonchev–Trinajstić information content (AvgIpc) is 2.86. The first kappa shape index (κ1) is 29.1. The van der Waals surface area contributed by atoms with Crippen molar-refractivity contribution in [1.29, 1.82) is 0 Å². The van der Waals surface area contributed by atoms with Gasteiger partial charge in [0.1, 0.15) is 5.04 Å². The summed E-state index contributed by atoms with van der Waals surface area (Å²) in [7, 11) is -4.01. The molecule has 4 nitrogen and oxygen atoms in total. The summed E-state index contributed by atoms with van der Waals surface area (Å²) in [6.07, 6.45) is 18.9. The fourth-order valence-electron chi connectivity index (χ4n) is 6.25. The minimum atomic E-state index is -2.27. The van der Waals surface area contributed by atoms with Crippen LogP contribution < -0.4 is 0 Å². The zero-order valence-corrected chi connectivity index (χ0v) is 24.5. The summed E-state index contributed by atoms with van der Waals surface area (Å²) in [6.45, 7) is 11.6. The van der Waals surface area contributed by atoms with Crippen molar-refractivity contribution >= 4 is 23.6 Å². The monoisotopic (exact) mass is 497 g/mol. The maximum atomic E-state index is 14.2. The number of unbranched alkanes of at least 4 members (excludes halogenated alkanes) is 3. The van der Waals surface area contributed by atoms with Gasteiger partial charge < -0.3 is 13.3 Å². The first-order valence-electron chi connectivity index (χ1n) is 14.3. The number of hydrogen-bond donors (Lipinski definition) is 0. The van der Waals surface area contributed by atoms with Gasteiger partial charge in [-0.05, 0) is 70.0 Å². The lowest BCUT2D eigenvalue weighted by atomic mass is 9.99. The smallest absolute Gasteiger partial charge is 0.402 e. The van der Waals surface area contributed by atoms with E-state index < -0.39 is 22.6 Å². The number of rotatable bonds is 15. The van der Waals surface area contributed by atoms with Crippen LogP contribution in [0.3, 0.4) is 0 Å². The van der Waals surface area contributed by atoms with Gasteiger partial charge >= 0.3 is 9.28 Å². The molecule has 0 amide bonds. The van der Waals surface area contributed by atoms with E-state index in [9.17, 15) is 4.79 Å². The second-order valence-corrected chi connectivity index (χ2v) is 17.2. The maximum absolute atomic E-state index is 14.2. The third kappa shape index (κ3) is 7.65. The Morgan fingerprint density at radius 3 is 1.76 bits per heavy atom. The van der Waals surface area contributed by atoms with E-state index in [0.717, 1.165) is 6.42 Å². The van der Waals surface area contributed by atoms with Gasteiger partial charge in [0.15, 0.2) is 0 Å². The molecule has 193 valence electrons. The summed E-state index contributed by atoms with van der Waals surface area (Å²) in [5.41, 5.74) is 1.30. The molecule has 0 saturated heterocycles. The highest BCUT2D eigenvalue weighted by atomic mass is 28.4. The fraction of sp³-hybridized carbons (Fsp3) is 0.963. The van der Waals surface area contributed by atoms with Gasteiger partial charge in [0.25, 0.3) is 14.3 Å². The first-order valence-corrected chi connectivity index (χ1v) is 17.9. The summed E-state index contributed by atoms with van der Waals surface area (Å²) in [5, 5.41) is -0.651. The van der Waals surface area contributed by atoms with Crippen LogP contribution >= 0.6 is 0 Å². The topological polar surface area (TPSA) is 44.8 Å². The molecule has 2 aliphatic rings. The van der Waals surface area contributed by atoms with Crippen LogP contribution in [0.5, 0.6) is 0 Å². The van der Waals surface area contributed by atoms with Crippen molar-refractivity contribution in [2.24, 2.45) is 0 Å². The zero-order valence-electron chi connectivity index (χ0n) is 22.5. The minimum absolute atomic E-state index is 0.0131. The van der Waals surface area contributed by atoms with Crippen molar-refractivity contribution in [2.75, 3.05) is 13.2 Å². The Balaban J connectivity index is 2.38. The lowest BCUT2D eigenvalue weighted by Gasteiger charge is -2.48. The van der Waals surface area contributed by atoms with E-state index in [1.165, 1.54) is 95.9 Å². The van der Waals surface area contributed by atoms with E-state index in [4.69, 9.17) is 13.3 Å². The Kier molecular flexibility index (Phi) is 13.3. The molecule has 0 spiro atoms. The standard InChI is InChI=1S/C27H53O4Si2/c1-6-10-11-18-23-33(24-19-14-12-15-20-24,25-21-16-13-17-22-25)31-26(28)27(5,7-2)32(29-8-3)30-9-4/h24-25H,6-23H2,1-5H3. The van der Waals surface area contributed by atoms with Gasteiger partial charge in [-0.2, -0.15) is 0 Å². The Morgan fingerprint density at radius 2 is 1.33 bits per heavy atom. The highest BCUT2D eigenvalue weighted by molar-refractivity contribution is 6.78. The molecule has 33 heavy (non-hydrogen) atoms. The Morgan fingerprint density at radius 1 is 0.818 bits per heavy atom. The van der Waals surface area contributed by atoms with E-state index in [0.29, 0.717) is 24.3 Å². The van der Waals surface area contributed by atoms with Gasteiger partial charge in [0.2, 0.25) is 0 Å². The van der Waals surface area contributed by atoms with Crippen molar-refractivity contribution in [3.8, 4) is 0 Å². The van der Waals surface area contributed by atoms with Crippen LogP contribution in [0.4, 0.5) is 0 Å². The van der Waals surface area contributed by atoms with Crippen LogP contribution in [0.25, 0.3) is 0 Å². The molecule has 0 aromatic rings. The van der Waals surface area contributed by atoms with Crippen molar-refractivity contribution in [3.05, 3.63) is 0 Å². The third-order valence-electron chi connectivity index (χ3n) is 8.46. The van der Waals surface area contributed by atoms with Crippen LogP contribution in [-0.4, -0.2) is 36.8 Å². The quantitative estimate of drug-likeness (QED) is 0.168. The second kappa shape index (κ2) is 15.0. The molecule has 2 saturated carbocycles. The van der Waals surface area contributed by atoms with Gasteiger partial charge in [0.05, 0.1) is 0 Å². The molecule has 1 unspecified atom stereocenters. The van der Waals surface area contributed by atoms with Crippen molar-refractivity contribution in [1.82, 2.24) is 0 Å². The van der Waals surface area contributed by atoms with Crippen LogP contribution in [0.2, 0.25) is 22.2 Å². The van der Waals surface area contributed by atoms with E-state index >= 15 is 0 Å². The first-order chi connectivity index (χ1) is 16.0. The highest BCUT2D eigenvalue weighted by Crippen LogP contribution is 2.53. The molecular formula is C27H53O4Si2. The summed E-state index contributed by atoms with van der Waals surface area (Å²) in [5.74, 6) is 0.0131. The third-order valence-corrected chi connectivity index (χ3v) is 16.6. The SMILES string of the molecule is CCCCCC[Si](OC(=O)C(C)(CC)[Si](OCC)OCC)(C1CCCCC1)C1CCCCC1. The molecule has 0 aromatic heterocycles. The number of carbonyl (C=O) groups is 1. The highest BCUT2D eigenvalue weighted by Gasteiger charge is 2.56. The summed E-state index contributed by atoms with van der Waals surface area (Å²) in [4.78, 5) is 14.2. The molecule has 6 heteroatoms. The molecule has 0 heterocycles. The lowest BCUT2D eigenvalue weighted by molar-refractivity contribution is -0.140. The molecule has 0 N–H and O–H groups in total. The Bertz CT molecular complexity index is 522. The zero-order chi connectivity index (χ0) is 24.2. The summed E-state index contributed by atoms with van der Waals surface area (Å²) in [6, 6.07) is 1.18. The molecule has 0 bridgehead atoms. The van der Waals surface area contributed by atoms with Crippen molar-refractivity contribution < 1.29 is 18.1 Å². The maximum Gasteiger partial charge on any atom is 0.402 e. The van der Waals surface area contributed by atoms with Gasteiger partial charge in [-0.1, -0.05) is 78.1 Å². The largest absolute Gasteiger partial charge is 0.518 e. The number of hydrogen-bond acceptors (Lipinski definition) is 4. The lowest BCUT2D eigenvalue weighted by Crippen LogP contribution is -2.54. The molecular weight excluding hydrogens is 444 g/mol. The molecule has 0 aliphatic heterocycles. The predicted octanol–water partition coefficient (Wildman–Crippen LogP) is 8.46. The Hall–Kier alpha value is -0.176. The second-order valence-electron chi connectivity index (χ2n) is 10.7. The van der Waals surface area contributed by atoms with Gasteiger partial charge in [0, 0.05) is 13.2 Å². The summed E-state index contributed by atoms with van der Waals surface area (Å²) >= 11 is 0. The molecule has 2 aliphatic carbocycles. The fourth-order valence-corrected chi connectivity index (χ4v) is 14.2. The Labute approximate surface area is 207 Å². The van der Waals surface area contributed by atoms with Crippen LogP contribution in [0, 0.1) is 0 Å². The normalized spacial score (nSPS) is 20.7. The average molecular weight is 498 g/mol. The van der Waals surface area contributed by atoms with E-state index in [1.807, 2.05) is 13.8 Å². The minimum Gasteiger partial charge on any atom is -0.518 e. The molecule has 0 aromatic carbocycles. The predicted molar refractivity (Wildman–Crippen MR) is 142 cm³/mol. The molecule has 2 fully saturated rings. The van der Waals surface area contributed by atoms with Crippen molar-refractivity contribution in [2.45, 2.75) is 153 Å². The number of carbonyl (C=O) groups excluding carboxylic acids is 1. The molecule has 1 radical (unpaired) electrons. The van der Waals surface area contributed by atoms with E-state index in [2.05, 4.69) is 20.8 Å². The van der Waals surface area contributed by atoms with Gasteiger partial charge in [-0.3, -0.25) is 4.79 Å². The van der Waals surface area contributed by atoms with Gasteiger partial charge in [-0.25, -0.2) is 0 Å². The van der Waals surface area contributed by atoms with E-state index in [-0.39, 0.29) is 5.97 Å².